The quantitative estimate of drug-likeness (QED) is 0.940. The highest BCUT2D eigenvalue weighted by molar-refractivity contribution is 5.77. The average Bonchev–Trinajstić information content (AvgIpc) is 3.14. The minimum Gasteiger partial charge on any atom is -0.352 e. The van der Waals surface area contributed by atoms with Gasteiger partial charge in [0.25, 0.3) is 0 Å². The second kappa shape index (κ2) is 5.27. The molecule has 110 valence electrons. The van der Waals surface area contributed by atoms with E-state index in [1.54, 1.807) is 13.1 Å². The van der Waals surface area contributed by atoms with E-state index in [1.165, 1.54) is 22.9 Å². The monoisotopic (exact) mass is 291 g/mol. The summed E-state index contributed by atoms with van der Waals surface area (Å²) in [6.07, 6.45) is 4.96. The van der Waals surface area contributed by atoms with E-state index in [1.807, 2.05) is 0 Å². The molecule has 1 aromatic heterocycles. The first-order valence-corrected chi connectivity index (χ1v) is 6.81. The molecule has 6 heteroatoms. The van der Waals surface area contributed by atoms with E-state index in [9.17, 15) is 13.6 Å². The summed E-state index contributed by atoms with van der Waals surface area (Å²) in [7, 11) is 0. The second-order valence-corrected chi connectivity index (χ2v) is 5.27. The number of aromatic nitrogens is 2. The molecule has 4 nitrogen and oxygen atoms in total. The zero-order valence-corrected chi connectivity index (χ0v) is 11.6. The number of imidazole rings is 1. The molecule has 0 unspecified atom stereocenters. The van der Waals surface area contributed by atoms with Gasteiger partial charge in [-0.2, -0.15) is 0 Å². The Morgan fingerprint density at radius 3 is 2.90 bits per heavy atom. The lowest BCUT2D eigenvalue weighted by Crippen LogP contribution is -2.29. The number of nitrogens with one attached hydrogen (secondary N) is 1. The Morgan fingerprint density at radius 1 is 1.43 bits per heavy atom. The van der Waals surface area contributed by atoms with Crippen molar-refractivity contribution < 1.29 is 13.6 Å². The predicted molar refractivity (Wildman–Crippen MR) is 73.5 cm³/mol. The predicted octanol–water partition coefficient (Wildman–Crippen LogP) is 2.42. The summed E-state index contributed by atoms with van der Waals surface area (Å²) in [6, 6.07) is 2.83. The fraction of sp³-hybridized carbons (Fsp3) is 0.333. The minimum absolute atomic E-state index is 0.00133. The largest absolute Gasteiger partial charge is 0.352 e. The molecule has 0 spiro atoms. The first-order valence-electron chi connectivity index (χ1n) is 6.81. The van der Waals surface area contributed by atoms with Crippen LogP contribution in [0.1, 0.15) is 18.4 Å². The van der Waals surface area contributed by atoms with Crippen molar-refractivity contribution in [3.05, 3.63) is 41.7 Å². The van der Waals surface area contributed by atoms with Crippen LogP contribution in [0.3, 0.4) is 0 Å². The summed E-state index contributed by atoms with van der Waals surface area (Å²) in [5.41, 5.74) is 0.141. The van der Waals surface area contributed by atoms with Crippen molar-refractivity contribution in [1.29, 1.82) is 0 Å². The fourth-order valence-corrected chi connectivity index (χ4v) is 2.18. The van der Waals surface area contributed by atoms with Gasteiger partial charge in [-0.1, -0.05) is 6.07 Å². The number of hydrogen-bond acceptors (Lipinski definition) is 2. The van der Waals surface area contributed by atoms with Gasteiger partial charge < -0.3 is 9.88 Å². The molecule has 1 fully saturated rings. The van der Waals surface area contributed by atoms with Gasteiger partial charge in [-0.3, -0.25) is 4.79 Å². The van der Waals surface area contributed by atoms with E-state index in [0.29, 0.717) is 5.56 Å². The molecule has 1 heterocycles. The van der Waals surface area contributed by atoms with Gasteiger partial charge in [0.1, 0.15) is 24.0 Å². The maximum Gasteiger partial charge on any atom is 0.240 e. The normalized spacial score (nSPS) is 14.2. The lowest BCUT2D eigenvalue weighted by molar-refractivity contribution is -0.121. The van der Waals surface area contributed by atoms with E-state index in [2.05, 4.69) is 10.3 Å². The van der Waals surface area contributed by atoms with Gasteiger partial charge >= 0.3 is 0 Å². The standard InChI is InChI=1S/C15H15F2N3O/c1-9-2-5-11(16)13(14(9)17)15-18-6-7-20(15)8-12(21)19-10-3-4-10/h2,5-7,10H,3-4,8H2,1H3,(H,19,21). The Kier molecular flexibility index (Phi) is 3.45. The van der Waals surface area contributed by atoms with Crippen LogP contribution in [0.15, 0.2) is 24.5 Å². The summed E-state index contributed by atoms with van der Waals surface area (Å²) in [4.78, 5) is 15.8. The van der Waals surface area contributed by atoms with Crippen molar-refractivity contribution in [1.82, 2.24) is 14.9 Å². The average molecular weight is 291 g/mol. The number of amides is 1. The van der Waals surface area contributed by atoms with Gasteiger partial charge in [0, 0.05) is 18.4 Å². The number of hydrogen-bond donors (Lipinski definition) is 1. The number of benzene rings is 1. The zero-order valence-electron chi connectivity index (χ0n) is 11.6. The summed E-state index contributed by atoms with van der Waals surface area (Å²) in [5, 5.41) is 2.84. The SMILES string of the molecule is Cc1ccc(F)c(-c2nccn2CC(=O)NC2CC2)c1F. The van der Waals surface area contributed by atoms with Crippen molar-refractivity contribution >= 4 is 5.91 Å². The van der Waals surface area contributed by atoms with Crippen LogP contribution in [0.2, 0.25) is 0 Å². The van der Waals surface area contributed by atoms with Crippen molar-refractivity contribution in [2.45, 2.75) is 32.4 Å². The highest BCUT2D eigenvalue weighted by Gasteiger charge is 2.24. The summed E-state index contributed by atoms with van der Waals surface area (Å²) in [6.45, 7) is 1.56. The number of halogens is 2. The smallest absolute Gasteiger partial charge is 0.240 e. The van der Waals surface area contributed by atoms with Gasteiger partial charge in [0.05, 0.1) is 5.56 Å². The molecule has 1 amide bonds. The van der Waals surface area contributed by atoms with Gasteiger partial charge in [-0.25, -0.2) is 13.8 Å². The van der Waals surface area contributed by atoms with Crippen molar-refractivity contribution in [3.8, 4) is 11.4 Å². The molecular formula is C15H15F2N3O. The number of nitrogens with zero attached hydrogens (tertiary/aromatic N) is 2. The van der Waals surface area contributed by atoms with Gasteiger partial charge in [0.15, 0.2) is 0 Å². The van der Waals surface area contributed by atoms with Gasteiger partial charge in [-0.15, -0.1) is 0 Å². The highest BCUT2D eigenvalue weighted by atomic mass is 19.1. The molecule has 0 bridgehead atoms. The zero-order chi connectivity index (χ0) is 15.0. The third kappa shape index (κ3) is 2.79. The van der Waals surface area contributed by atoms with Crippen LogP contribution in [0.25, 0.3) is 11.4 Å². The Morgan fingerprint density at radius 2 is 2.19 bits per heavy atom. The summed E-state index contributed by atoms with van der Waals surface area (Å²) >= 11 is 0. The van der Waals surface area contributed by atoms with Crippen molar-refractivity contribution in [3.63, 3.8) is 0 Å². The van der Waals surface area contributed by atoms with E-state index < -0.39 is 11.6 Å². The third-order valence-electron chi connectivity index (χ3n) is 3.48. The van der Waals surface area contributed by atoms with Crippen LogP contribution < -0.4 is 5.32 Å². The molecule has 0 saturated heterocycles. The molecule has 0 atom stereocenters. The Bertz CT molecular complexity index is 692. The van der Waals surface area contributed by atoms with Crippen LogP contribution in [-0.4, -0.2) is 21.5 Å². The number of rotatable bonds is 4. The van der Waals surface area contributed by atoms with Crippen molar-refractivity contribution in [2.24, 2.45) is 0 Å². The molecule has 1 N–H and O–H groups in total. The second-order valence-electron chi connectivity index (χ2n) is 5.27. The van der Waals surface area contributed by atoms with E-state index in [4.69, 9.17) is 0 Å². The Balaban J connectivity index is 1.91. The molecule has 1 aliphatic rings. The fourth-order valence-electron chi connectivity index (χ4n) is 2.18. The van der Waals surface area contributed by atoms with E-state index >= 15 is 0 Å². The molecule has 21 heavy (non-hydrogen) atoms. The van der Waals surface area contributed by atoms with Gasteiger partial charge in [-0.05, 0) is 31.4 Å². The molecule has 0 radical (unpaired) electrons. The minimum atomic E-state index is -0.687. The molecule has 1 aromatic carbocycles. The molecule has 1 saturated carbocycles. The number of carbonyl (C=O) groups excluding carboxylic acids is 1. The Hall–Kier alpha value is -2.24. The molecule has 3 rings (SSSR count). The van der Waals surface area contributed by atoms with Gasteiger partial charge in [0.2, 0.25) is 5.91 Å². The third-order valence-corrected chi connectivity index (χ3v) is 3.48. The van der Waals surface area contributed by atoms with Crippen LogP contribution in [-0.2, 0) is 11.3 Å². The Labute approximate surface area is 120 Å². The van der Waals surface area contributed by atoms with Crippen LogP contribution in [0.4, 0.5) is 8.78 Å². The van der Waals surface area contributed by atoms with Crippen LogP contribution in [0, 0.1) is 18.6 Å². The van der Waals surface area contributed by atoms with Crippen molar-refractivity contribution in [2.75, 3.05) is 0 Å². The van der Waals surface area contributed by atoms with Crippen LogP contribution >= 0.6 is 0 Å². The lowest BCUT2D eigenvalue weighted by atomic mass is 10.1. The maximum atomic E-state index is 14.2. The summed E-state index contributed by atoms with van der Waals surface area (Å²) < 4.78 is 29.6. The highest BCUT2D eigenvalue weighted by Crippen LogP contribution is 2.27. The molecule has 2 aromatic rings. The van der Waals surface area contributed by atoms with E-state index in [-0.39, 0.29) is 29.9 Å². The number of carbonyl (C=O) groups is 1. The molecule has 0 aliphatic heterocycles. The summed E-state index contributed by atoms with van der Waals surface area (Å²) in [5.74, 6) is -1.39. The lowest BCUT2D eigenvalue weighted by Gasteiger charge is -2.10. The first kappa shape index (κ1) is 13.7. The molecular weight excluding hydrogens is 276 g/mol. The van der Waals surface area contributed by atoms with E-state index in [0.717, 1.165) is 12.8 Å². The molecule has 1 aliphatic carbocycles. The topological polar surface area (TPSA) is 46.9 Å². The number of aryl methyl sites for hydroxylation is 1. The first-order chi connectivity index (χ1) is 10.1. The maximum absolute atomic E-state index is 14.2. The van der Waals surface area contributed by atoms with Crippen LogP contribution in [0.5, 0.6) is 0 Å².